The highest BCUT2D eigenvalue weighted by Crippen LogP contribution is 2.11. The molecule has 0 amide bonds. The van der Waals surface area contributed by atoms with Crippen molar-refractivity contribution < 1.29 is 9.15 Å². The Labute approximate surface area is 90.5 Å². The third-order valence-electron chi connectivity index (χ3n) is 1.70. The summed E-state index contributed by atoms with van der Waals surface area (Å²) in [4.78, 5) is 0. The van der Waals surface area contributed by atoms with Gasteiger partial charge in [0, 0.05) is 0 Å². The maximum atomic E-state index is 5.46. The van der Waals surface area contributed by atoms with Gasteiger partial charge in [-0.2, -0.15) is 0 Å². The first-order valence-corrected chi connectivity index (χ1v) is 5.15. The maximum absolute atomic E-state index is 5.46. The number of hydrogen-bond donors (Lipinski definition) is 0. The number of para-hydroxylation sites is 1. The van der Waals surface area contributed by atoms with Crippen molar-refractivity contribution in [1.82, 2.24) is 0 Å². The Morgan fingerprint density at radius 2 is 1.73 bits per heavy atom. The molecular formula is C13H16O2. The fourth-order valence-electron chi connectivity index (χ4n) is 1.07. The second-order valence-electron chi connectivity index (χ2n) is 2.68. The van der Waals surface area contributed by atoms with Crippen molar-refractivity contribution in [1.29, 1.82) is 0 Å². The molecule has 0 aliphatic rings. The summed E-state index contributed by atoms with van der Waals surface area (Å²) in [5.74, 6) is 1.70. The molecule has 0 radical (unpaired) electrons. The first kappa shape index (κ1) is 11.4. The summed E-state index contributed by atoms with van der Waals surface area (Å²) < 4.78 is 10.6. The number of ether oxygens (including phenoxy) is 1. The normalized spacial score (nSPS) is 8.93. The summed E-state index contributed by atoms with van der Waals surface area (Å²) in [6.45, 7) is 4.48. The van der Waals surface area contributed by atoms with E-state index in [1.54, 1.807) is 6.26 Å². The fraction of sp³-hybridized carbons (Fsp3) is 0.231. The van der Waals surface area contributed by atoms with E-state index in [9.17, 15) is 0 Å². The van der Waals surface area contributed by atoms with Crippen LogP contribution >= 0.6 is 0 Å². The average Bonchev–Trinajstić information content (AvgIpc) is 2.83. The molecule has 0 unspecified atom stereocenters. The number of furan rings is 1. The molecule has 0 fully saturated rings. The van der Waals surface area contributed by atoms with Crippen molar-refractivity contribution in [2.45, 2.75) is 20.5 Å². The van der Waals surface area contributed by atoms with Crippen LogP contribution in [0.3, 0.4) is 0 Å². The summed E-state index contributed by atoms with van der Waals surface area (Å²) in [7, 11) is 0. The number of benzene rings is 1. The summed E-state index contributed by atoms with van der Waals surface area (Å²) in [5, 5.41) is 0. The number of hydrogen-bond acceptors (Lipinski definition) is 2. The molecular weight excluding hydrogens is 188 g/mol. The molecule has 0 aliphatic carbocycles. The first-order valence-electron chi connectivity index (χ1n) is 5.15. The third-order valence-corrected chi connectivity index (χ3v) is 1.70. The topological polar surface area (TPSA) is 22.4 Å². The van der Waals surface area contributed by atoms with Crippen molar-refractivity contribution in [2.24, 2.45) is 0 Å². The smallest absolute Gasteiger partial charge is 0.146 e. The van der Waals surface area contributed by atoms with Gasteiger partial charge in [0.1, 0.15) is 18.1 Å². The predicted octanol–water partition coefficient (Wildman–Crippen LogP) is 3.88. The third kappa shape index (κ3) is 3.90. The molecule has 15 heavy (non-hydrogen) atoms. The van der Waals surface area contributed by atoms with Gasteiger partial charge in [-0.15, -0.1) is 0 Å². The minimum absolute atomic E-state index is 0.483. The molecule has 2 nitrogen and oxygen atoms in total. The fourth-order valence-corrected chi connectivity index (χ4v) is 1.07. The van der Waals surface area contributed by atoms with Gasteiger partial charge in [0.15, 0.2) is 0 Å². The quantitative estimate of drug-likeness (QED) is 0.756. The van der Waals surface area contributed by atoms with E-state index in [1.165, 1.54) is 0 Å². The average molecular weight is 204 g/mol. The van der Waals surface area contributed by atoms with Gasteiger partial charge in [0.05, 0.1) is 6.26 Å². The van der Waals surface area contributed by atoms with Gasteiger partial charge in [-0.25, -0.2) is 0 Å². The molecule has 2 aromatic rings. The van der Waals surface area contributed by atoms with Crippen LogP contribution in [-0.4, -0.2) is 0 Å². The Hall–Kier alpha value is -1.70. The Bertz CT molecular complexity index is 338. The zero-order chi connectivity index (χ0) is 10.9. The largest absolute Gasteiger partial charge is 0.486 e. The second-order valence-corrected chi connectivity index (χ2v) is 2.68. The van der Waals surface area contributed by atoms with E-state index in [-0.39, 0.29) is 0 Å². The molecule has 0 atom stereocenters. The number of rotatable bonds is 3. The van der Waals surface area contributed by atoms with Crippen LogP contribution in [0.5, 0.6) is 5.75 Å². The minimum Gasteiger partial charge on any atom is -0.486 e. The van der Waals surface area contributed by atoms with E-state index in [1.807, 2.05) is 56.3 Å². The van der Waals surface area contributed by atoms with Crippen LogP contribution in [0, 0.1) is 0 Å². The highest BCUT2D eigenvalue weighted by molar-refractivity contribution is 5.21. The SMILES string of the molecule is CC.c1ccc(OCc2ccco2)cc1. The van der Waals surface area contributed by atoms with Crippen LogP contribution in [0.15, 0.2) is 53.1 Å². The van der Waals surface area contributed by atoms with Crippen LogP contribution < -0.4 is 4.74 Å². The van der Waals surface area contributed by atoms with Crippen LogP contribution in [0.4, 0.5) is 0 Å². The highest BCUT2D eigenvalue weighted by atomic mass is 16.5. The Morgan fingerprint density at radius 3 is 2.33 bits per heavy atom. The van der Waals surface area contributed by atoms with Gasteiger partial charge in [0.2, 0.25) is 0 Å². The zero-order valence-electron chi connectivity index (χ0n) is 9.14. The molecule has 1 heterocycles. The van der Waals surface area contributed by atoms with Crippen molar-refractivity contribution >= 4 is 0 Å². The zero-order valence-corrected chi connectivity index (χ0v) is 9.14. The minimum atomic E-state index is 0.483. The summed E-state index contributed by atoms with van der Waals surface area (Å²) >= 11 is 0. The van der Waals surface area contributed by atoms with E-state index in [0.717, 1.165) is 11.5 Å². The monoisotopic (exact) mass is 204 g/mol. The summed E-state index contributed by atoms with van der Waals surface area (Å²) in [6, 6.07) is 13.4. The maximum Gasteiger partial charge on any atom is 0.146 e. The van der Waals surface area contributed by atoms with Gasteiger partial charge in [-0.3, -0.25) is 0 Å². The molecule has 2 rings (SSSR count). The van der Waals surface area contributed by atoms with Crippen molar-refractivity contribution in [3.63, 3.8) is 0 Å². The molecule has 1 aromatic carbocycles. The van der Waals surface area contributed by atoms with Gasteiger partial charge in [-0.05, 0) is 24.3 Å². The van der Waals surface area contributed by atoms with E-state index in [0.29, 0.717) is 6.61 Å². The first-order chi connectivity index (χ1) is 7.45. The molecule has 0 spiro atoms. The van der Waals surface area contributed by atoms with E-state index < -0.39 is 0 Å². The molecule has 0 aliphatic heterocycles. The lowest BCUT2D eigenvalue weighted by molar-refractivity contribution is 0.270. The molecule has 0 saturated heterocycles. The summed E-state index contributed by atoms with van der Waals surface area (Å²) in [6.07, 6.45) is 1.64. The molecule has 2 heteroatoms. The summed E-state index contributed by atoms with van der Waals surface area (Å²) in [5.41, 5.74) is 0. The van der Waals surface area contributed by atoms with Gasteiger partial charge in [0.25, 0.3) is 0 Å². The lowest BCUT2D eigenvalue weighted by Crippen LogP contribution is -1.92. The Morgan fingerprint density at radius 1 is 1.00 bits per heavy atom. The van der Waals surface area contributed by atoms with E-state index in [2.05, 4.69) is 0 Å². The molecule has 80 valence electrons. The highest BCUT2D eigenvalue weighted by Gasteiger charge is 1.95. The van der Waals surface area contributed by atoms with Gasteiger partial charge >= 0.3 is 0 Å². The molecule has 0 saturated carbocycles. The predicted molar refractivity (Wildman–Crippen MR) is 60.8 cm³/mol. The van der Waals surface area contributed by atoms with E-state index in [4.69, 9.17) is 9.15 Å². The van der Waals surface area contributed by atoms with Crippen LogP contribution in [0.1, 0.15) is 19.6 Å². The van der Waals surface area contributed by atoms with Gasteiger partial charge < -0.3 is 9.15 Å². The lowest BCUT2D eigenvalue weighted by Gasteiger charge is -2.02. The Balaban J connectivity index is 0.000000531. The van der Waals surface area contributed by atoms with Gasteiger partial charge in [-0.1, -0.05) is 32.0 Å². The molecule has 1 aromatic heterocycles. The Kier molecular flexibility index (Phi) is 5.09. The second kappa shape index (κ2) is 6.71. The van der Waals surface area contributed by atoms with Crippen LogP contribution in [0.2, 0.25) is 0 Å². The van der Waals surface area contributed by atoms with Crippen molar-refractivity contribution in [2.75, 3.05) is 0 Å². The van der Waals surface area contributed by atoms with Crippen molar-refractivity contribution in [3.8, 4) is 5.75 Å². The van der Waals surface area contributed by atoms with Crippen LogP contribution in [0.25, 0.3) is 0 Å². The molecule has 0 bridgehead atoms. The van der Waals surface area contributed by atoms with E-state index >= 15 is 0 Å². The standard InChI is InChI=1S/C11H10O2.C2H6/c1-2-5-10(6-3-1)13-9-11-7-4-8-12-11;1-2/h1-8H,9H2;1-2H3. The molecule has 0 N–H and O–H groups in total. The lowest BCUT2D eigenvalue weighted by atomic mass is 10.3. The van der Waals surface area contributed by atoms with Crippen LogP contribution in [-0.2, 0) is 6.61 Å². The van der Waals surface area contributed by atoms with Crippen molar-refractivity contribution in [3.05, 3.63) is 54.5 Å².